The summed E-state index contributed by atoms with van der Waals surface area (Å²) in [5.41, 5.74) is 0.130. The van der Waals surface area contributed by atoms with E-state index >= 15 is 0 Å². The molecule has 1 aromatic heterocycles. The van der Waals surface area contributed by atoms with Crippen molar-refractivity contribution in [3.8, 4) is 0 Å². The van der Waals surface area contributed by atoms with Crippen LogP contribution in [0.4, 0.5) is 9.18 Å². The van der Waals surface area contributed by atoms with Gasteiger partial charge in [-0.3, -0.25) is 0 Å². The molecular weight excluding hydrogens is 279 g/mol. The van der Waals surface area contributed by atoms with Crippen molar-refractivity contribution in [3.05, 3.63) is 47.4 Å². The van der Waals surface area contributed by atoms with Crippen LogP contribution in [-0.4, -0.2) is 27.8 Å². The molecule has 2 rings (SSSR count). The molecule has 112 valence electrons. The normalized spacial score (nSPS) is 12.0. The predicted molar refractivity (Wildman–Crippen MR) is 70.6 cm³/mol. The molecule has 3 N–H and O–H groups in total. The highest BCUT2D eigenvalue weighted by Gasteiger charge is 2.13. The van der Waals surface area contributed by atoms with Crippen LogP contribution in [0.25, 0.3) is 0 Å². The summed E-state index contributed by atoms with van der Waals surface area (Å²) in [7, 11) is 0. The standard InChI is InChI=1S/C13H15FN4O3/c1-8-17-12(21-18-8)7-16-13(20)15-6-11(19)9-4-2-3-5-10(9)14/h2-5,11,19H,6-7H2,1H3,(H2,15,16,20). The second-order valence-corrected chi connectivity index (χ2v) is 4.34. The van der Waals surface area contributed by atoms with Gasteiger partial charge < -0.3 is 20.3 Å². The van der Waals surface area contributed by atoms with E-state index in [2.05, 4.69) is 20.8 Å². The third-order valence-corrected chi connectivity index (χ3v) is 2.69. The fraction of sp³-hybridized carbons (Fsp3) is 0.308. The lowest BCUT2D eigenvalue weighted by molar-refractivity contribution is 0.168. The summed E-state index contributed by atoms with van der Waals surface area (Å²) in [4.78, 5) is 15.4. The van der Waals surface area contributed by atoms with E-state index in [1.165, 1.54) is 18.2 Å². The van der Waals surface area contributed by atoms with Crippen LogP contribution < -0.4 is 10.6 Å². The van der Waals surface area contributed by atoms with Crippen LogP contribution in [0.5, 0.6) is 0 Å². The Balaban J connectivity index is 1.77. The first-order valence-electron chi connectivity index (χ1n) is 6.29. The number of nitrogens with zero attached hydrogens (tertiary/aromatic N) is 2. The zero-order valence-electron chi connectivity index (χ0n) is 11.3. The SMILES string of the molecule is Cc1noc(CNC(=O)NCC(O)c2ccccc2F)n1. The lowest BCUT2D eigenvalue weighted by Gasteiger charge is -2.13. The number of halogens is 1. The number of carbonyl (C=O) groups excluding carboxylic acids is 1. The maximum atomic E-state index is 13.4. The van der Waals surface area contributed by atoms with Gasteiger partial charge in [-0.2, -0.15) is 4.98 Å². The van der Waals surface area contributed by atoms with Gasteiger partial charge in [-0.25, -0.2) is 9.18 Å². The van der Waals surface area contributed by atoms with Crippen molar-refractivity contribution >= 4 is 6.03 Å². The first-order valence-corrected chi connectivity index (χ1v) is 6.29. The molecule has 0 bridgehead atoms. The van der Waals surface area contributed by atoms with Gasteiger partial charge in [0.25, 0.3) is 0 Å². The molecule has 0 aliphatic rings. The van der Waals surface area contributed by atoms with Crippen LogP contribution in [0.2, 0.25) is 0 Å². The maximum Gasteiger partial charge on any atom is 0.315 e. The smallest absolute Gasteiger partial charge is 0.315 e. The van der Waals surface area contributed by atoms with Crippen LogP contribution in [0.15, 0.2) is 28.8 Å². The molecule has 1 unspecified atom stereocenters. The molecule has 0 saturated heterocycles. The fourth-order valence-corrected chi connectivity index (χ4v) is 1.67. The Labute approximate surface area is 120 Å². The molecule has 0 radical (unpaired) electrons. The van der Waals surface area contributed by atoms with E-state index in [1.54, 1.807) is 13.0 Å². The third-order valence-electron chi connectivity index (χ3n) is 2.69. The van der Waals surface area contributed by atoms with Crippen LogP contribution in [0.1, 0.15) is 23.4 Å². The molecule has 0 saturated carbocycles. The third kappa shape index (κ3) is 4.25. The molecule has 2 amide bonds. The van der Waals surface area contributed by atoms with Gasteiger partial charge in [-0.15, -0.1) is 0 Å². The Morgan fingerprint density at radius 3 is 2.86 bits per heavy atom. The van der Waals surface area contributed by atoms with Crippen molar-refractivity contribution in [1.29, 1.82) is 0 Å². The van der Waals surface area contributed by atoms with Crippen molar-refractivity contribution in [1.82, 2.24) is 20.8 Å². The number of carbonyl (C=O) groups is 1. The molecule has 0 aliphatic carbocycles. The lowest BCUT2D eigenvalue weighted by atomic mass is 10.1. The summed E-state index contributed by atoms with van der Waals surface area (Å²) < 4.78 is 18.2. The highest BCUT2D eigenvalue weighted by atomic mass is 19.1. The van der Waals surface area contributed by atoms with Gasteiger partial charge in [0, 0.05) is 12.1 Å². The van der Waals surface area contributed by atoms with Crippen molar-refractivity contribution in [3.63, 3.8) is 0 Å². The number of hydrogen-bond acceptors (Lipinski definition) is 5. The number of nitrogens with one attached hydrogen (secondary N) is 2. The lowest BCUT2D eigenvalue weighted by Crippen LogP contribution is -2.37. The van der Waals surface area contributed by atoms with Gasteiger partial charge in [-0.05, 0) is 13.0 Å². The predicted octanol–water partition coefficient (Wildman–Crippen LogP) is 1.05. The van der Waals surface area contributed by atoms with Gasteiger partial charge in [0.2, 0.25) is 5.89 Å². The quantitative estimate of drug-likeness (QED) is 0.765. The zero-order valence-corrected chi connectivity index (χ0v) is 11.3. The van der Waals surface area contributed by atoms with Gasteiger partial charge in [0.15, 0.2) is 5.82 Å². The molecule has 2 aromatic rings. The van der Waals surface area contributed by atoms with E-state index in [9.17, 15) is 14.3 Å². The van der Waals surface area contributed by atoms with Crippen molar-refractivity contribution in [2.45, 2.75) is 19.6 Å². The summed E-state index contributed by atoms with van der Waals surface area (Å²) in [6, 6.07) is 5.32. The van der Waals surface area contributed by atoms with E-state index < -0.39 is 18.0 Å². The molecule has 1 aromatic carbocycles. The van der Waals surface area contributed by atoms with Gasteiger partial charge in [0.05, 0.1) is 12.6 Å². The van der Waals surface area contributed by atoms with E-state index in [-0.39, 0.29) is 24.5 Å². The fourth-order valence-electron chi connectivity index (χ4n) is 1.67. The molecule has 1 atom stereocenters. The molecular formula is C13H15FN4O3. The summed E-state index contributed by atoms with van der Waals surface area (Å²) in [5, 5.41) is 18.3. The number of benzene rings is 1. The second-order valence-electron chi connectivity index (χ2n) is 4.34. The Morgan fingerprint density at radius 1 is 1.43 bits per heavy atom. The highest BCUT2D eigenvalue weighted by Crippen LogP contribution is 2.15. The highest BCUT2D eigenvalue weighted by molar-refractivity contribution is 5.73. The minimum absolute atomic E-state index is 0.0719. The molecule has 0 fully saturated rings. The second kappa shape index (κ2) is 6.80. The Bertz CT molecular complexity index is 617. The minimum Gasteiger partial charge on any atom is -0.386 e. The Hall–Kier alpha value is -2.48. The summed E-state index contributed by atoms with van der Waals surface area (Å²) in [6.07, 6.45) is -1.12. The summed E-state index contributed by atoms with van der Waals surface area (Å²) in [5.74, 6) is 0.230. The number of aryl methyl sites for hydroxylation is 1. The number of aliphatic hydroxyl groups is 1. The maximum absolute atomic E-state index is 13.4. The molecule has 8 heteroatoms. The van der Waals surface area contributed by atoms with Gasteiger partial charge in [-0.1, -0.05) is 23.4 Å². The van der Waals surface area contributed by atoms with E-state index in [4.69, 9.17) is 4.52 Å². The van der Waals surface area contributed by atoms with Crippen LogP contribution in [0.3, 0.4) is 0 Å². The van der Waals surface area contributed by atoms with E-state index in [0.717, 1.165) is 0 Å². The van der Waals surface area contributed by atoms with Crippen LogP contribution >= 0.6 is 0 Å². The van der Waals surface area contributed by atoms with Crippen molar-refractivity contribution in [2.75, 3.05) is 6.54 Å². The number of hydrogen-bond donors (Lipinski definition) is 3. The van der Waals surface area contributed by atoms with Crippen molar-refractivity contribution in [2.24, 2.45) is 0 Å². The summed E-state index contributed by atoms with van der Waals surface area (Å²) >= 11 is 0. The Kier molecular flexibility index (Phi) is 4.83. The summed E-state index contributed by atoms with van der Waals surface area (Å²) in [6.45, 7) is 1.62. The number of aliphatic hydroxyl groups excluding tert-OH is 1. The molecule has 0 aliphatic heterocycles. The van der Waals surface area contributed by atoms with E-state index in [1.807, 2.05) is 0 Å². The first-order chi connectivity index (χ1) is 10.1. The topological polar surface area (TPSA) is 100 Å². The van der Waals surface area contributed by atoms with Crippen LogP contribution in [0, 0.1) is 12.7 Å². The number of urea groups is 1. The van der Waals surface area contributed by atoms with Gasteiger partial charge >= 0.3 is 6.03 Å². The molecule has 1 heterocycles. The molecule has 7 nitrogen and oxygen atoms in total. The van der Waals surface area contributed by atoms with Crippen LogP contribution in [-0.2, 0) is 6.54 Å². The minimum atomic E-state index is -1.12. The Morgan fingerprint density at radius 2 is 2.19 bits per heavy atom. The molecule has 0 spiro atoms. The largest absolute Gasteiger partial charge is 0.386 e. The average molecular weight is 294 g/mol. The van der Waals surface area contributed by atoms with E-state index in [0.29, 0.717) is 5.82 Å². The zero-order chi connectivity index (χ0) is 15.2. The van der Waals surface area contributed by atoms with Gasteiger partial charge in [0.1, 0.15) is 5.82 Å². The van der Waals surface area contributed by atoms with Crippen molar-refractivity contribution < 1.29 is 18.8 Å². The monoisotopic (exact) mass is 294 g/mol. The first kappa shape index (κ1) is 14.9. The average Bonchev–Trinajstić information content (AvgIpc) is 2.89. The number of aromatic nitrogens is 2. The number of amides is 2. The molecule has 21 heavy (non-hydrogen) atoms. The number of rotatable bonds is 5.